The fraction of sp³-hybridized carbons (Fsp3) is 0.316. The zero-order valence-corrected chi connectivity index (χ0v) is 14.3. The van der Waals surface area contributed by atoms with Crippen molar-refractivity contribution in [2.45, 2.75) is 31.7 Å². The summed E-state index contributed by atoms with van der Waals surface area (Å²) >= 11 is 0. The van der Waals surface area contributed by atoms with Crippen LogP contribution in [0.25, 0.3) is 11.1 Å². The zero-order chi connectivity index (χ0) is 18.0. The summed E-state index contributed by atoms with van der Waals surface area (Å²) in [5.74, 6) is -0.0438. The molecule has 130 valence electrons. The molecule has 2 amide bonds. The molecular formula is C19H21N3O3. The van der Waals surface area contributed by atoms with Gasteiger partial charge in [-0.15, -0.1) is 0 Å². The Bertz CT molecular complexity index is 828. The monoisotopic (exact) mass is 339 g/mol. The minimum absolute atomic E-state index is 0.334. The Hall–Kier alpha value is -2.89. The number of nitrogens with two attached hydrogens (primary N) is 1. The van der Waals surface area contributed by atoms with E-state index in [2.05, 4.69) is 10.3 Å². The van der Waals surface area contributed by atoms with Crippen molar-refractivity contribution < 1.29 is 14.3 Å². The maximum absolute atomic E-state index is 12.5. The van der Waals surface area contributed by atoms with Crippen molar-refractivity contribution in [3.8, 4) is 16.9 Å². The first kappa shape index (κ1) is 17.0. The number of aromatic nitrogens is 1. The summed E-state index contributed by atoms with van der Waals surface area (Å²) in [5.41, 5.74) is 7.75. The number of carbonyl (C=O) groups is 2. The number of amides is 2. The van der Waals surface area contributed by atoms with Crippen LogP contribution in [0.5, 0.6) is 5.75 Å². The number of rotatable bonds is 5. The lowest BCUT2D eigenvalue weighted by Crippen LogP contribution is -2.61. The van der Waals surface area contributed by atoms with Crippen molar-refractivity contribution in [2.75, 3.05) is 7.11 Å². The summed E-state index contributed by atoms with van der Waals surface area (Å²) in [6.45, 7) is 1.97. The first-order valence-electron chi connectivity index (χ1n) is 8.18. The van der Waals surface area contributed by atoms with Crippen LogP contribution in [0.3, 0.4) is 0 Å². The van der Waals surface area contributed by atoms with Crippen molar-refractivity contribution in [1.82, 2.24) is 10.3 Å². The number of nitrogens with zero attached hydrogens (tertiary/aromatic N) is 1. The van der Waals surface area contributed by atoms with E-state index in [1.54, 1.807) is 19.4 Å². The summed E-state index contributed by atoms with van der Waals surface area (Å²) in [7, 11) is 1.62. The Balaban J connectivity index is 1.86. The molecule has 6 heteroatoms. The number of primary amides is 1. The molecule has 1 aromatic carbocycles. The van der Waals surface area contributed by atoms with Crippen LogP contribution in [-0.4, -0.2) is 29.4 Å². The highest BCUT2D eigenvalue weighted by Gasteiger charge is 2.44. The van der Waals surface area contributed by atoms with E-state index in [9.17, 15) is 9.59 Å². The van der Waals surface area contributed by atoms with Crippen molar-refractivity contribution in [3.05, 3.63) is 47.8 Å². The van der Waals surface area contributed by atoms with E-state index in [1.807, 2.05) is 25.1 Å². The largest absolute Gasteiger partial charge is 0.497 e. The van der Waals surface area contributed by atoms with Crippen LogP contribution >= 0.6 is 0 Å². The van der Waals surface area contributed by atoms with Gasteiger partial charge in [0.15, 0.2) is 0 Å². The zero-order valence-electron chi connectivity index (χ0n) is 14.3. The number of benzene rings is 1. The molecule has 2 aromatic rings. The third kappa shape index (κ3) is 3.20. The smallest absolute Gasteiger partial charge is 0.253 e. The number of hydrogen-bond donors (Lipinski definition) is 2. The molecule has 1 saturated carbocycles. The van der Waals surface area contributed by atoms with Gasteiger partial charge in [0.2, 0.25) is 5.91 Å². The van der Waals surface area contributed by atoms with Gasteiger partial charge >= 0.3 is 0 Å². The van der Waals surface area contributed by atoms with Gasteiger partial charge < -0.3 is 15.8 Å². The lowest BCUT2D eigenvalue weighted by atomic mass is 9.76. The van der Waals surface area contributed by atoms with Gasteiger partial charge in [-0.1, -0.05) is 6.07 Å². The van der Waals surface area contributed by atoms with Gasteiger partial charge in [-0.2, -0.15) is 0 Å². The lowest BCUT2D eigenvalue weighted by Gasteiger charge is -2.39. The van der Waals surface area contributed by atoms with Crippen molar-refractivity contribution >= 4 is 11.8 Å². The molecule has 3 rings (SSSR count). The van der Waals surface area contributed by atoms with E-state index >= 15 is 0 Å². The minimum atomic E-state index is -0.914. The van der Waals surface area contributed by atoms with Crippen LogP contribution in [0.2, 0.25) is 0 Å². The quantitative estimate of drug-likeness (QED) is 0.873. The third-order valence-corrected chi connectivity index (χ3v) is 4.78. The number of aryl methyl sites for hydroxylation is 1. The average Bonchev–Trinajstić information content (AvgIpc) is 2.57. The minimum Gasteiger partial charge on any atom is -0.497 e. The van der Waals surface area contributed by atoms with Crippen LogP contribution in [0.1, 0.15) is 35.2 Å². The number of hydrogen-bond acceptors (Lipinski definition) is 4. The van der Waals surface area contributed by atoms with E-state index < -0.39 is 11.4 Å². The Morgan fingerprint density at radius 3 is 2.56 bits per heavy atom. The molecule has 0 spiro atoms. The Morgan fingerprint density at radius 2 is 2.00 bits per heavy atom. The highest BCUT2D eigenvalue weighted by atomic mass is 16.5. The highest BCUT2D eigenvalue weighted by Crippen LogP contribution is 2.32. The average molecular weight is 339 g/mol. The summed E-state index contributed by atoms with van der Waals surface area (Å²) in [6.07, 6.45) is 5.24. The van der Waals surface area contributed by atoms with Crippen molar-refractivity contribution in [1.29, 1.82) is 0 Å². The molecule has 0 unspecified atom stereocenters. The maximum atomic E-state index is 12.5. The van der Waals surface area contributed by atoms with Gasteiger partial charge in [-0.3, -0.25) is 14.6 Å². The second-order valence-corrected chi connectivity index (χ2v) is 6.40. The molecule has 1 aliphatic carbocycles. The second kappa shape index (κ2) is 6.55. The maximum Gasteiger partial charge on any atom is 0.253 e. The molecule has 0 bridgehead atoms. The molecule has 6 nitrogen and oxygen atoms in total. The van der Waals surface area contributed by atoms with E-state index in [4.69, 9.17) is 10.5 Å². The summed E-state index contributed by atoms with van der Waals surface area (Å²) in [4.78, 5) is 28.4. The third-order valence-electron chi connectivity index (χ3n) is 4.78. The highest BCUT2D eigenvalue weighted by molar-refractivity contribution is 5.99. The van der Waals surface area contributed by atoms with Crippen molar-refractivity contribution in [2.24, 2.45) is 5.73 Å². The molecule has 25 heavy (non-hydrogen) atoms. The SMILES string of the molecule is COc1ccc(-c2cncc(C(=O)NC3(C(N)=O)CCC3)c2)c(C)c1. The predicted molar refractivity (Wildman–Crippen MR) is 94.2 cm³/mol. The summed E-state index contributed by atoms with van der Waals surface area (Å²) in [6, 6.07) is 7.50. The predicted octanol–water partition coefficient (Wildman–Crippen LogP) is 2.20. The van der Waals surface area contributed by atoms with E-state index in [0.29, 0.717) is 18.4 Å². The number of carbonyl (C=O) groups excluding carboxylic acids is 2. The van der Waals surface area contributed by atoms with E-state index in [1.165, 1.54) is 6.20 Å². The molecule has 0 radical (unpaired) electrons. The van der Waals surface area contributed by atoms with Crippen LogP contribution in [-0.2, 0) is 4.79 Å². The Labute approximate surface area is 146 Å². The molecule has 0 aliphatic heterocycles. The standard InChI is InChI=1S/C19H21N3O3/c1-12-8-15(25-2)4-5-16(12)13-9-14(11-21-10-13)17(23)22-19(18(20)24)6-3-7-19/h4-5,8-11H,3,6-7H2,1-2H3,(H2,20,24)(H,22,23). The number of nitrogens with one attached hydrogen (secondary N) is 1. The fourth-order valence-electron chi connectivity index (χ4n) is 3.05. The number of pyridine rings is 1. The molecule has 0 atom stereocenters. The summed E-state index contributed by atoms with van der Waals surface area (Å²) in [5, 5.41) is 2.78. The molecule has 0 saturated heterocycles. The lowest BCUT2D eigenvalue weighted by molar-refractivity contribution is -0.127. The van der Waals surface area contributed by atoms with E-state index in [0.717, 1.165) is 28.9 Å². The van der Waals surface area contributed by atoms with Gasteiger partial charge in [-0.25, -0.2) is 0 Å². The number of ether oxygens (including phenoxy) is 1. The van der Waals surface area contributed by atoms with Crippen molar-refractivity contribution in [3.63, 3.8) is 0 Å². The first-order valence-corrected chi connectivity index (χ1v) is 8.18. The van der Waals surface area contributed by atoms with Gasteiger partial charge in [-0.05, 0) is 55.5 Å². The fourth-order valence-corrected chi connectivity index (χ4v) is 3.05. The van der Waals surface area contributed by atoms with Gasteiger partial charge in [0, 0.05) is 18.0 Å². The second-order valence-electron chi connectivity index (χ2n) is 6.40. The van der Waals surface area contributed by atoms with Crippen LogP contribution in [0.15, 0.2) is 36.7 Å². The van der Waals surface area contributed by atoms with Gasteiger partial charge in [0.05, 0.1) is 12.7 Å². The number of methoxy groups -OCH3 is 1. The molecule has 3 N–H and O–H groups in total. The molecule has 1 fully saturated rings. The molecule has 1 aromatic heterocycles. The first-order chi connectivity index (χ1) is 11.9. The van der Waals surface area contributed by atoms with Crippen LogP contribution in [0.4, 0.5) is 0 Å². The molecule has 1 aliphatic rings. The summed E-state index contributed by atoms with van der Waals surface area (Å²) < 4.78 is 5.22. The van der Waals surface area contributed by atoms with E-state index in [-0.39, 0.29) is 5.91 Å². The van der Waals surface area contributed by atoms with Crippen LogP contribution < -0.4 is 15.8 Å². The van der Waals surface area contributed by atoms with Gasteiger partial charge in [0.25, 0.3) is 5.91 Å². The Kier molecular flexibility index (Phi) is 4.44. The van der Waals surface area contributed by atoms with Gasteiger partial charge in [0.1, 0.15) is 11.3 Å². The molecular weight excluding hydrogens is 318 g/mol. The molecule has 1 heterocycles. The van der Waals surface area contributed by atoms with Crippen LogP contribution in [0, 0.1) is 6.92 Å². The normalized spacial score (nSPS) is 15.1. The topological polar surface area (TPSA) is 94.3 Å². The Morgan fingerprint density at radius 1 is 1.24 bits per heavy atom.